The summed E-state index contributed by atoms with van der Waals surface area (Å²) in [5.74, 6) is 0. The number of nitrogens with zero attached hydrogens (tertiary/aromatic N) is 1. The number of hydrogen-bond donors (Lipinski definition) is 2. The molecule has 0 spiro atoms. The molecule has 0 unspecified atom stereocenters. The van der Waals surface area contributed by atoms with Crippen molar-refractivity contribution >= 4 is 22.9 Å². The lowest BCUT2D eigenvalue weighted by molar-refractivity contribution is 0.0215. The van der Waals surface area contributed by atoms with Crippen LogP contribution in [0.1, 0.15) is 5.69 Å². The summed E-state index contributed by atoms with van der Waals surface area (Å²) < 4.78 is 28.3. The van der Waals surface area contributed by atoms with E-state index in [1.807, 2.05) is 0 Å². The van der Waals surface area contributed by atoms with Crippen LogP contribution in [0.25, 0.3) is 0 Å². The molecule has 0 saturated heterocycles. The standard InChI is InChI=1S/C10H13F2N3OS/c11-8(12)6-16-5-4-14-7-2-1-3-15-9(7)10(13)17/h1-3,8,14H,4-6H2,(H2,13,17). The normalized spacial score (nSPS) is 10.5. The van der Waals surface area contributed by atoms with Gasteiger partial charge in [0, 0.05) is 12.7 Å². The van der Waals surface area contributed by atoms with Crippen LogP contribution in [0.15, 0.2) is 18.3 Å². The van der Waals surface area contributed by atoms with Crippen LogP contribution in [-0.2, 0) is 4.74 Å². The van der Waals surface area contributed by atoms with E-state index in [0.29, 0.717) is 17.9 Å². The van der Waals surface area contributed by atoms with Gasteiger partial charge in [-0.15, -0.1) is 0 Å². The fourth-order valence-electron chi connectivity index (χ4n) is 1.17. The third-order valence-electron chi connectivity index (χ3n) is 1.85. The van der Waals surface area contributed by atoms with E-state index >= 15 is 0 Å². The van der Waals surface area contributed by atoms with E-state index < -0.39 is 13.0 Å². The Balaban J connectivity index is 2.39. The summed E-state index contributed by atoms with van der Waals surface area (Å²) in [6, 6.07) is 3.48. The van der Waals surface area contributed by atoms with Gasteiger partial charge in [-0.1, -0.05) is 12.2 Å². The van der Waals surface area contributed by atoms with Crippen molar-refractivity contribution in [2.75, 3.05) is 25.1 Å². The molecule has 0 radical (unpaired) electrons. The second kappa shape index (κ2) is 7.08. The fraction of sp³-hybridized carbons (Fsp3) is 0.400. The average Bonchev–Trinajstić information content (AvgIpc) is 2.28. The molecule has 0 bridgehead atoms. The Labute approximate surface area is 103 Å². The molecular weight excluding hydrogens is 248 g/mol. The second-order valence-electron chi connectivity index (χ2n) is 3.16. The zero-order valence-corrected chi connectivity index (χ0v) is 9.84. The monoisotopic (exact) mass is 261 g/mol. The van der Waals surface area contributed by atoms with Gasteiger partial charge in [0.2, 0.25) is 0 Å². The van der Waals surface area contributed by atoms with E-state index in [1.54, 1.807) is 18.3 Å². The maximum Gasteiger partial charge on any atom is 0.261 e. The number of thiocarbonyl (C=S) groups is 1. The highest BCUT2D eigenvalue weighted by atomic mass is 32.1. The maximum atomic E-state index is 11.8. The highest BCUT2D eigenvalue weighted by molar-refractivity contribution is 7.80. The van der Waals surface area contributed by atoms with E-state index in [0.717, 1.165) is 0 Å². The summed E-state index contributed by atoms with van der Waals surface area (Å²) >= 11 is 4.83. The summed E-state index contributed by atoms with van der Waals surface area (Å²) in [6.07, 6.45) is -0.868. The SMILES string of the molecule is NC(=S)c1ncccc1NCCOCC(F)F. The molecule has 1 rings (SSSR count). The van der Waals surface area contributed by atoms with Crippen molar-refractivity contribution < 1.29 is 13.5 Å². The van der Waals surface area contributed by atoms with Crippen LogP contribution in [0.5, 0.6) is 0 Å². The van der Waals surface area contributed by atoms with Gasteiger partial charge in [0.25, 0.3) is 6.43 Å². The van der Waals surface area contributed by atoms with E-state index in [9.17, 15) is 8.78 Å². The average molecular weight is 261 g/mol. The maximum absolute atomic E-state index is 11.8. The van der Waals surface area contributed by atoms with Crippen molar-refractivity contribution in [1.82, 2.24) is 4.98 Å². The zero-order chi connectivity index (χ0) is 12.7. The Morgan fingerprint density at radius 1 is 1.59 bits per heavy atom. The van der Waals surface area contributed by atoms with Crippen molar-refractivity contribution in [2.45, 2.75) is 6.43 Å². The van der Waals surface area contributed by atoms with Gasteiger partial charge in [0.05, 0.1) is 12.3 Å². The van der Waals surface area contributed by atoms with Gasteiger partial charge in [-0.3, -0.25) is 4.98 Å². The van der Waals surface area contributed by atoms with Crippen LogP contribution in [0.4, 0.5) is 14.5 Å². The summed E-state index contributed by atoms with van der Waals surface area (Å²) in [7, 11) is 0. The predicted octanol–water partition coefficient (Wildman–Crippen LogP) is 1.41. The van der Waals surface area contributed by atoms with Crippen molar-refractivity contribution in [2.24, 2.45) is 5.73 Å². The summed E-state index contributed by atoms with van der Waals surface area (Å²) in [5, 5.41) is 2.97. The Morgan fingerprint density at radius 2 is 2.35 bits per heavy atom. The molecule has 3 N–H and O–H groups in total. The van der Waals surface area contributed by atoms with Crippen molar-refractivity contribution in [3.63, 3.8) is 0 Å². The number of nitrogens with one attached hydrogen (secondary N) is 1. The molecule has 0 saturated carbocycles. The largest absolute Gasteiger partial charge is 0.388 e. The highest BCUT2D eigenvalue weighted by Gasteiger charge is 2.05. The first kappa shape index (κ1) is 13.7. The zero-order valence-electron chi connectivity index (χ0n) is 9.03. The molecule has 1 aromatic rings. The van der Waals surface area contributed by atoms with E-state index in [1.165, 1.54) is 0 Å². The Kier molecular flexibility index (Phi) is 5.71. The molecule has 0 atom stereocenters. The number of halogens is 2. The van der Waals surface area contributed by atoms with Crippen LogP contribution in [0, 0.1) is 0 Å². The minimum absolute atomic E-state index is 0.177. The lowest BCUT2D eigenvalue weighted by Gasteiger charge is -2.10. The Bertz CT molecular complexity index is 376. The smallest absolute Gasteiger partial charge is 0.261 e. The molecule has 4 nitrogen and oxygen atoms in total. The topological polar surface area (TPSA) is 60.2 Å². The molecule has 0 aliphatic heterocycles. The minimum atomic E-state index is -2.44. The first-order valence-corrected chi connectivity index (χ1v) is 5.36. The van der Waals surface area contributed by atoms with Gasteiger partial charge in [-0.25, -0.2) is 8.78 Å². The van der Waals surface area contributed by atoms with Gasteiger partial charge in [0.1, 0.15) is 17.3 Å². The van der Waals surface area contributed by atoms with Gasteiger partial charge in [0.15, 0.2) is 0 Å². The van der Waals surface area contributed by atoms with Crippen molar-refractivity contribution in [3.8, 4) is 0 Å². The quantitative estimate of drug-likeness (QED) is 0.574. The van der Waals surface area contributed by atoms with E-state index in [-0.39, 0.29) is 11.6 Å². The number of rotatable bonds is 7. The number of aromatic nitrogens is 1. The lowest BCUT2D eigenvalue weighted by atomic mass is 10.3. The molecule has 7 heteroatoms. The van der Waals surface area contributed by atoms with Crippen LogP contribution in [0.2, 0.25) is 0 Å². The van der Waals surface area contributed by atoms with Gasteiger partial charge in [-0.05, 0) is 12.1 Å². The van der Waals surface area contributed by atoms with Crippen LogP contribution in [-0.4, -0.2) is 36.2 Å². The molecular formula is C10H13F2N3OS. The molecule has 1 aromatic heterocycles. The third-order valence-corrected chi connectivity index (χ3v) is 2.04. The summed E-state index contributed by atoms with van der Waals surface area (Å²) in [6.45, 7) is 0.000905. The van der Waals surface area contributed by atoms with Crippen LogP contribution >= 0.6 is 12.2 Å². The Morgan fingerprint density at radius 3 is 3.00 bits per heavy atom. The minimum Gasteiger partial charge on any atom is -0.388 e. The first-order valence-electron chi connectivity index (χ1n) is 4.96. The number of alkyl halides is 2. The van der Waals surface area contributed by atoms with Crippen LogP contribution in [0.3, 0.4) is 0 Å². The predicted molar refractivity (Wildman–Crippen MR) is 65.4 cm³/mol. The molecule has 0 aliphatic carbocycles. The lowest BCUT2D eigenvalue weighted by Crippen LogP contribution is -2.18. The van der Waals surface area contributed by atoms with Gasteiger partial charge < -0.3 is 15.8 Å². The molecule has 1 heterocycles. The third kappa shape index (κ3) is 5.01. The molecule has 94 valence electrons. The summed E-state index contributed by atoms with van der Waals surface area (Å²) in [4.78, 5) is 4.20. The molecule has 0 aromatic carbocycles. The molecule has 0 aliphatic rings. The number of nitrogens with two attached hydrogens (primary N) is 1. The van der Waals surface area contributed by atoms with E-state index in [2.05, 4.69) is 10.3 Å². The fourth-order valence-corrected chi connectivity index (χ4v) is 1.34. The van der Waals surface area contributed by atoms with Gasteiger partial charge >= 0.3 is 0 Å². The first-order chi connectivity index (χ1) is 8.11. The Hall–Kier alpha value is -1.34. The number of anilines is 1. The van der Waals surface area contributed by atoms with Crippen molar-refractivity contribution in [3.05, 3.63) is 24.0 Å². The molecule has 17 heavy (non-hydrogen) atoms. The van der Waals surface area contributed by atoms with Gasteiger partial charge in [-0.2, -0.15) is 0 Å². The number of hydrogen-bond acceptors (Lipinski definition) is 4. The number of pyridine rings is 1. The molecule has 0 fully saturated rings. The van der Waals surface area contributed by atoms with E-state index in [4.69, 9.17) is 22.7 Å². The molecule has 0 amide bonds. The van der Waals surface area contributed by atoms with Crippen LogP contribution < -0.4 is 11.1 Å². The summed E-state index contributed by atoms with van der Waals surface area (Å²) in [5.41, 5.74) is 6.63. The number of ether oxygens (including phenoxy) is 1. The van der Waals surface area contributed by atoms with Crippen molar-refractivity contribution in [1.29, 1.82) is 0 Å². The second-order valence-corrected chi connectivity index (χ2v) is 3.60. The highest BCUT2D eigenvalue weighted by Crippen LogP contribution is 2.11.